The minimum atomic E-state index is -1.30. The van der Waals surface area contributed by atoms with Crippen molar-refractivity contribution in [2.45, 2.75) is 58.3 Å². The monoisotopic (exact) mass is 451 g/mol. The third-order valence-corrected chi connectivity index (χ3v) is 4.26. The number of hydrogen-bond donors (Lipinski definition) is 1. The summed E-state index contributed by atoms with van der Waals surface area (Å²) in [5.74, 6) is -2.85. The van der Waals surface area contributed by atoms with Gasteiger partial charge in [-0.05, 0) is 12.1 Å². The van der Waals surface area contributed by atoms with Crippen LogP contribution in [0, 0.1) is 0 Å². The number of aliphatic imine (C=N–C) groups is 1. The van der Waals surface area contributed by atoms with Crippen LogP contribution in [0.5, 0.6) is 5.75 Å². The van der Waals surface area contributed by atoms with Crippen molar-refractivity contribution in [2.24, 2.45) is 4.99 Å². The molecule has 32 heavy (non-hydrogen) atoms. The highest BCUT2D eigenvalue weighted by Gasteiger charge is 2.52. The number of ether oxygens (including phenoxy) is 5. The van der Waals surface area contributed by atoms with Gasteiger partial charge in [-0.3, -0.25) is 24.2 Å². The van der Waals surface area contributed by atoms with Crippen LogP contribution in [0.1, 0.15) is 33.3 Å². The second-order valence-electron chi connectivity index (χ2n) is 6.93. The Labute approximate surface area is 184 Å². The molecule has 0 bridgehead atoms. The summed E-state index contributed by atoms with van der Waals surface area (Å²) in [6.45, 7) is 4.24. The van der Waals surface area contributed by atoms with Crippen LogP contribution < -0.4 is 0 Å². The number of esters is 4. The van der Waals surface area contributed by atoms with E-state index in [2.05, 4.69) is 4.99 Å². The normalized spacial score (nSPS) is 25.1. The van der Waals surface area contributed by atoms with Crippen molar-refractivity contribution >= 4 is 30.1 Å². The summed E-state index contributed by atoms with van der Waals surface area (Å²) < 4.78 is 26.7. The van der Waals surface area contributed by atoms with E-state index in [9.17, 15) is 24.3 Å². The first-order chi connectivity index (χ1) is 15.1. The molecule has 0 saturated carbocycles. The molecule has 1 aliphatic rings. The van der Waals surface area contributed by atoms with Crippen LogP contribution in [0.3, 0.4) is 0 Å². The summed E-state index contributed by atoms with van der Waals surface area (Å²) in [6.07, 6.45) is -4.90. The van der Waals surface area contributed by atoms with Gasteiger partial charge in [-0.2, -0.15) is 0 Å². The van der Waals surface area contributed by atoms with Crippen LogP contribution in [0.4, 0.5) is 0 Å². The zero-order valence-corrected chi connectivity index (χ0v) is 18.0. The van der Waals surface area contributed by atoms with Crippen LogP contribution in [-0.2, 0) is 42.9 Å². The summed E-state index contributed by atoms with van der Waals surface area (Å²) in [5, 5.41) is 9.96. The van der Waals surface area contributed by atoms with Gasteiger partial charge in [-0.15, -0.1) is 0 Å². The maximum absolute atomic E-state index is 11.8. The minimum absolute atomic E-state index is 0.0538. The number of phenolic OH excluding ortho intramolecular Hbond substituents is 1. The quantitative estimate of drug-likeness (QED) is 0.360. The van der Waals surface area contributed by atoms with Gasteiger partial charge in [-0.25, -0.2) is 0 Å². The summed E-state index contributed by atoms with van der Waals surface area (Å²) in [7, 11) is 0. The van der Waals surface area contributed by atoms with E-state index < -0.39 is 54.5 Å². The van der Waals surface area contributed by atoms with Gasteiger partial charge in [0.05, 0.1) is 0 Å². The molecule has 1 aliphatic heterocycles. The first-order valence-corrected chi connectivity index (χ1v) is 9.70. The number of phenols is 1. The highest BCUT2D eigenvalue weighted by atomic mass is 16.7. The van der Waals surface area contributed by atoms with E-state index in [1.165, 1.54) is 19.2 Å². The predicted molar refractivity (Wildman–Crippen MR) is 108 cm³/mol. The minimum Gasteiger partial charge on any atom is -0.507 e. The smallest absolute Gasteiger partial charge is 0.303 e. The Morgan fingerprint density at radius 2 is 1.47 bits per heavy atom. The van der Waals surface area contributed by atoms with E-state index in [0.29, 0.717) is 5.56 Å². The van der Waals surface area contributed by atoms with E-state index in [1.807, 2.05) is 0 Å². The largest absolute Gasteiger partial charge is 0.507 e. The topological polar surface area (TPSA) is 147 Å². The van der Waals surface area contributed by atoms with Gasteiger partial charge in [0.1, 0.15) is 18.5 Å². The van der Waals surface area contributed by atoms with Gasteiger partial charge in [0.15, 0.2) is 24.5 Å². The first-order valence-electron chi connectivity index (χ1n) is 9.70. The molecule has 0 spiro atoms. The number of hydrogen-bond acceptors (Lipinski definition) is 11. The predicted octanol–water partition coefficient (Wildman–Crippen LogP) is 0.894. The summed E-state index contributed by atoms with van der Waals surface area (Å²) >= 11 is 0. The van der Waals surface area contributed by atoms with Crippen LogP contribution in [0.25, 0.3) is 0 Å². The van der Waals surface area contributed by atoms with E-state index in [4.69, 9.17) is 23.7 Å². The highest BCUT2D eigenvalue weighted by molar-refractivity contribution is 5.83. The molecule has 0 radical (unpaired) electrons. The molecule has 11 nitrogen and oxygen atoms in total. The maximum atomic E-state index is 11.8. The standard InChI is InChI=1S/C21H25NO10/c1-11(23)28-10-17-18(29-12(2)24)19(30-13(3)25)20(31-14(4)26)21(32-17)22-9-15-7-5-6-8-16(15)27/h5-9,17-21,27H,10H2,1-4H3/t17-,18+,19+,20+,21-/m0/s1. The molecule has 1 fully saturated rings. The molecule has 0 aromatic heterocycles. The van der Waals surface area contributed by atoms with E-state index >= 15 is 0 Å². The Hall–Kier alpha value is -3.47. The number of para-hydroxylation sites is 1. The molecular weight excluding hydrogens is 426 g/mol. The van der Waals surface area contributed by atoms with Gasteiger partial charge >= 0.3 is 23.9 Å². The molecule has 1 saturated heterocycles. The first kappa shape index (κ1) is 24.8. The molecule has 0 unspecified atom stereocenters. The lowest BCUT2D eigenvalue weighted by molar-refractivity contribution is -0.250. The second kappa shape index (κ2) is 11.2. The van der Waals surface area contributed by atoms with Crippen molar-refractivity contribution in [2.75, 3.05) is 6.61 Å². The fourth-order valence-corrected chi connectivity index (χ4v) is 3.08. The average molecular weight is 451 g/mol. The molecule has 5 atom stereocenters. The lowest BCUT2D eigenvalue weighted by atomic mass is 9.97. The molecule has 0 amide bonds. The van der Waals surface area contributed by atoms with Crippen LogP contribution in [-0.4, -0.2) is 72.4 Å². The zero-order valence-electron chi connectivity index (χ0n) is 18.0. The van der Waals surface area contributed by atoms with Crippen molar-refractivity contribution in [3.05, 3.63) is 29.8 Å². The van der Waals surface area contributed by atoms with Crippen LogP contribution in [0.2, 0.25) is 0 Å². The van der Waals surface area contributed by atoms with Crippen LogP contribution >= 0.6 is 0 Å². The Balaban J connectivity index is 2.47. The lowest BCUT2D eigenvalue weighted by Crippen LogP contribution is -2.62. The zero-order chi connectivity index (χ0) is 23.8. The van der Waals surface area contributed by atoms with Gasteiger partial charge in [0, 0.05) is 39.5 Å². The second-order valence-corrected chi connectivity index (χ2v) is 6.93. The number of benzene rings is 1. The lowest BCUT2D eigenvalue weighted by Gasteiger charge is -2.43. The fourth-order valence-electron chi connectivity index (χ4n) is 3.08. The van der Waals surface area contributed by atoms with E-state index in [1.54, 1.807) is 18.2 Å². The van der Waals surface area contributed by atoms with Gasteiger partial charge in [0.25, 0.3) is 0 Å². The fraction of sp³-hybridized carbons (Fsp3) is 0.476. The third-order valence-electron chi connectivity index (χ3n) is 4.26. The molecule has 1 N–H and O–H groups in total. The molecule has 1 aromatic rings. The summed E-state index contributed by atoms with van der Waals surface area (Å²) in [5.41, 5.74) is 0.348. The number of aromatic hydroxyl groups is 1. The van der Waals surface area contributed by atoms with E-state index in [0.717, 1.165) is 20.8 Å². The van der Waals surface area contributed by atoms with Crippen molar-refractivity contribution in [3.8, 4) is 5.75 Å². The molecule has 1 heterocycles. The SMILES string of the molecule is CC(=O)OC[C@@H]1O[C@H](N=Cc2ccccc2O)[C@H](OC(C)=O)[C@H](OC(C)=O)[C@@H]1OC(C)=O. The summed E-state index contributed by atoms with van der Waals surface area (Å²) in [4.78, 5) is 50.8. The number of rotatable bonds is 7. The number of carbonyl (C=O) groups excluding carboxylic acids is 4. The maximum Gasteiger partial charge on any atom is 0.303 e. The molecular formula is C21H25NO10. The number of carbonyl (C=O) groups is 4. The number of nitrogens with zero attached hydrogens (tertiary/aromatic N) is 1. The Kier molecular flexibility index (Phi) is 8.71. The van der Waals surface area contributed by atoms with Crippen molar-refractivity contribution in [1.82, 2.24) is 0 Å². The Morgan fingerprint density at radius 1 is 0.906 bits per heavy atom. The van der Waals surface area contributed by atoms with E-state index in [-0.39, 0.29) is 12.4 Å². The van der Waals surface area contributed by atoms with Crippen molar-refractivity contribution in [1.29, 1.82) is 0 Å². The van der Waals surface area contributed by atoms with Gasteiger partial charge < -0.3 is 28.8 Å². The molecule has 2 rings (SSSR count). The van der Waals surface area contributed by atoms with Gasteiger partial charge in [0.2, 0.25) is 0 Å². The van der Waals surface area contributed by atoms with Crippen molar-refractivity contribution in [3.63, 3.8) is 0 Å². The Morgan fingerprint density at radius 3 is 2.03 bits per heavy atom. The molecule has 11 heteroatoms. The van der Waals surface area contributed by atoms with Crippen LogP contribution in [0.15, 0.2) is 29.3 Å². The van der Waals surface area contributed by atoms with Crippen molar-refractivity contribution < 1.29 is 48.0 Å². The van der Waals surface area contributed by atoms with Gasteiger partial charge in [-0.1, -0.05) is 12.1 Å². The molecule has 1 aromatic carbocycles. The molecule has 174 valence electrons. The summed E-state index contributed by atoms with van der Waals surface area (Å²) in [6, 6.07) is 6.34. The highest BCUT2D eigenvalue weighted by Crippen LogP contribution is 2.30. The average Bonchev–Trinajstić information content (AvgIpc) is 2.68. The Bertz CT molecular complexity index is 883. The molecule has 0 aliphatic carbocycles. The third kappa shape index (κ3) is 7.05.